The van der Waals surface area contributed by atoms with Gasteiger partial charge in [-0.2, -0.15) is 5.10 Å². The molecule has 0 atom stereocenters. The maximum atomic E-state index is 6.18. The largest absolute Gasteiger partial charge is 0.399 e. The minimum atomic E-state index is 0.740. The summed E-state index contributed by atoms with van der Waals surface area (Å²) in [5, 5.41) is 4.96. The monoisotopic (exact) mass is 426 g/mol. The highest BCUT2D eigenvalue weighted by Gasteiger charge is 2.24. The summed E-state index contributed by atoms with van der Waals surface area (Å²) < 4.78 is 1.93. The average molecular weight is 427 g/mol. The van der Waals surface area contributed by atoms with Crippen molar-refractivity contribution in [1.82, 2.24) is 9.78 Å². The lowest BCUT2D eigenvalue weighted by atomic mass is 9.99. The lowest BCUT2D eigenvalue weighted by molar-refractivity contribution is 0.884. The normalized spacial score (nSPS) is 11.8. The Hall–Kier alpha value is -4.57. The molecule has 4 nitrogen and oxygen atoms in total. The Balaban J connectivity index is 1.60. The summed E-state index contributed by atoms with van der Waals surface area (Å²) >= 11 is 0. The summed E-state index contributed by atoms with van der Waals surface area (Å²) in [5.41, 5.74) is 23.5. The molecular formula is C29H22N4. The van der Waals surface area contributed by atoms with Crippen LogP contribution in [0.1, 0.15) is 16.7 Å². The van der Waals surface area contributed by atoms with Crippen molar-refractivity contribution in [3.63, 3.8) is 0 Å². The molecule has 0 unspecified atom stereocenters. The minimum absolute atomic E-state index is 0.740. The lowest BCUT2D eigenvalue weighted by Gasteiger charge is -2.05. The average Bonchev–Trinajstić information content (AvgIpc) is 3.40. The Morgan fingerprint density at radius 1 is 0.636 bits per heavy atom. The molecule has 0 fully saturated rings. The highest BCUT2D eigenvalue weighted by Crippen LogP contribution is 2.46. The highest BCUT2D eigenvalue weighted by molar-refractivity contribution is 6.08. The highest BCUT2D eigenvalue weighted by atomic mass is 15.3. The van der Waals surface area contributed by atoms with Crippen LogP contribution in [0.15, 0.2) is 103 Å². The number of anilines is 2. The molecule has 0 aliphatic heterocycles. The summed E-state index contributed by atoms with van der Waals surface area (Å²) in [5.74, 6) is 0. The summed E-state index contributed by atoms with van der Waals surface area (Å²) in [6.45, 7) is 0. The van der Waals surface area contributed by atoms with E-state index in [2.05, 4.69) is 48.7 Å². The SMILES string of the molecule is Nc1ccc2c(c1)C(=Cc1cn(-c3ccccc3)nc1-c1ccccc1)c1cc(N)ccc1-2. The number of nitrogens with two attached hydrogens (primary N) is 2. The Morgan fingerprint density at radius 2 is 1.21 bits per heavy atom. The Kier molecular flexibility index (Phi) is 4.37. The second-order valence-electron chi connectivity index (χ2n) is 8.25. The molecule has 6 rings (SSSR count). The van der Waals surface area contributed by atoms with Gasteiger partial charge in [0.15, 0.2) is 0 Å². The molecule has 33 heavy (non-hydrogen) atoms. The van der Waals surface area contributed by atoms with Gasteiger partial charge in [-0.1, -0.05) is 60.7 Å². The van der Waals surface area contributed by atoms with Crippen LogP contribution in [0.2, 0.25) is 0 Å². The van der Waals surface area contributed by atoms with Crippen LogP contribution in [0.5, 0.6) is 0 Å². The second kappa shape index (κ2) is 7.53. The first-order valence-electron chi connectivity index (χ1n) is 10.9. The van der Waals surface area contributed by atoms with Crippen molar-refractivity contribution in [2.24, 2.45) is 0 Å². The van der Waals surface area contributed by atoms with Crippen LogP contribution >= 0.6 is 0 Å². The Labute approximate surface area is 192 Å². The minimum Gasteiger partial charge on any atom is -0.399 e. The number of hydrogen-bond donors (Lipinski definition) is 2. The molecule has 0 saturated heterocycles. The number of para-hydroxylation sites is 1. The summed E-state index contributed by atoms with van der Waals surface area (Å²) in [6.07, 6.45) is 4.29. The van der Waals surface area contributed by atoms with E-state index >= 15 is 0 Å². The second-order valence-corrected chi connectivity index (χ2v) is 8.25. The van der Waals surface area contributed by atoms with Crippen molar-refractivity contribution in [2.45, 2.75) is 0 Å². The lowest BCUT2D eigenvalue weighted by Crippen LogP contribution is -1.93. The Morgan fingerprint density at radius 3 is 1.82 bits per heavy atom. The molecule has 1 aliphatic carbocycles. The fourth-order valence-corrected chi connectivity index (χ4v) is 4.52. The van der Waals surface area contributed by atoms with Crippen LogP contribution in [-0.2, 0) is 0 Å². The maximum Gasteiger partial charge on any atom is 0.1000 e. The van der Waals surface area contributed by atoms with E-state index in [1.165, 1.54) is 11.1 Å². The fourth-order valence-electron chi connectivity index (χ4n) is 4.52. The van der Waals surface area contributed by atoms with Crippen LogP contribution < -0.4 is 11.5 Å². The third-order valence-corrected chi connectivity index (χ3v) is 6.07. The fraction of sp³-hybridized carbons (Fsp3) is 0. The van der Waals surface area contributed by atoms with Crippen LogP contribution in [0.25, 0.3) is 39.7 Å². The summed E-state index contributed by atoms with van der Waals surface area (Å²) in [4.78, 5) is 0. The van der Waals surface area contributed by atoms with Gasteiger partial charge in [0, 0.05) is 28.7 Å². The smallest absolute Gasteiger partial charge is 0.1000 e. The van der Waals surface area contributed by atoms with E-state index in [9.17, 15) is 0 Å². The van der Waals surface area contributed by atoms with Gasteiger partial charge in [-0.25, -0.2) is 4.68 Å². The van der Waals surface area contributed by atoms with Gasteiger partial charge >= 0.3 is 0 Å². The van der Waals surface area contributed by atoms with Gasteiger partial charge in [0.2, 0.25) is 0 Å². The number of nitrogens with zero attached hydrogens (tertiary/aromatic N) is 2. The van der Waals surface area contributed by atoms with E-state index in [-0.39, 0.29) is 0 Å². The number of aromatic nitrogens is 2. The zero-order chi connectivity index (χ0) is 22.4. The molecule has 4 aromatic carbocycles. The van der Waals surface area contributed by atoms with E-state index < -0.39 is 0 Å². The van der Waals surface area contributed by atoms with E-state index in [0.29, 0.717) is 0 Å². The summed E-state index contributed by atoms with van der Waals surface area (Å²) in [7, 11) is 0. The molecule has 5 aromatic rings. The van der Waals surface area contributed by atoms with E-state index in [1.807, 2.05) is 65.3 Å². The van der Waals surface area contributed by atoms with Crippen molar-refractivity contribution in [2.75, 3.05) is 11.5 Å². The molecule has 1 aliphatic rings. The molecule has 0 spiro atoms. The van der Waals surface area contributed by atoms with Crippen molar-refractivity contribution in [3.05, 3.63) is 120 Å². The molecular weight excluding hydrogens is 404 g/mol. The molecule has 0 amide bonds. The van der Waals surface area contributed by atoms with E-state index in [0.717, 1.165) is 50.6 Å². The van der Waals surface area contributed by atoms with Gasteiger partial charge in [-0.15, -0.1) is 0 Å². The van der Waals surface area contributed by atoms with Gasteiger partial charge < -0.3 is 11.5 Å². The quantitative estimate of drug-likeness (QED) is 0.328. The van der Waals surface area contributed by atoms with Gasteiger partial charge in [0.05, 0.1) is 11.4 Å². The third kappa shape index (κ3) is 3.29. The van der Waals surface area contributed by atoms with Gasteiger partial charge in [0.25, 0.3) is 0 Å². The summed E-state index contributed by atoms with van der Waals surface area (Å²) in [6, 6.07) is 32.6. The van der Waals surface area contributed by atoms with Crippen molar-refractivity contribution >= 4 is 23.0 Å². The molecule has 0 radical (unpaired) electrons. The van der Waals surface area contributed by atoms with Crippen LogP contribution in [0, 0.1) is 0 Å². The van der Waals surface area contributed by atoms with Crippen LogP contribution in [-0.4, -0.2) is 9.78 Å². The van der Waals surface area contributed by atoms with Crippen molar-refractivity contribution in [1.29, 1.82) is 0 Å². The molecule has 0 bridgehead atoms. The Bertz CT molecular complexity index is 1460. The number of benzene rings is 4. The zero-order valence-corrected chi connectivity index (χ0v) is 17.9. The van der Waals surface area contributed by atoms with Crippen LogP contribution in [0.4, 0.5) is 11.4 Å². The predicted molar refractivity (Wildman–Crippen MR) is 137 cm³/mol. The number of nitrogen functional groups attached to an aromatic ring is 2. The molecule has 1 heterocycles. The standard InChI is InChI=1S/C29H22N4/c30-21-11-13-24-25-14-12-22(31)17-28(25)26(27(24)16-21)15-20-18-33(23-9-5-2-6-10-23)32-29(20)19-7-3-1-4-8-19/h1-18H,30-31H2. The zero-order valence-electron chi connectivity index (χ0n) is 17.9. The maximum absolute atomic E-state index is 6.18. The van der Waals surface area contributed by atoms with Crippen LogP contribution in [0.3, 0.4) is 0 Å². The van der Waals surface area contributed by atoms with Crippen molar-refractivity contribution in [3.8, 4) is 28.1 Å². The number of hydrogen-bond acceptors (Lipinski definition) is 3. The molecule has 4 N–H and O–H groups in total. The van der Waals surface area contributed by atoms with E-state index in [1.54, 1.807) is 0 Å². The van der Waals surface area contributed by atoms with Crippen molar-refractivity contribution < 1.29 is 0 Å². The molecule has 1 aromatic heterocycles. The first-order chi connectivity index (χ1) is 16.2. The first kappa shape index (κ1) is 19.1. The third-order valence-electron chi connectivity index (χ3n) is 6.07. The van der Waals surface area contributed by atoms with Gasteiger partial charge in [-0.3, -0.25) is 0 Å². The predicted octanol–water partition coefficient (Wildman–Crippen LogP) is 6.27. The molecule has 4 heteroatoms. The molecule has 0 saturated carbocycles. The van der Waals surface area contributed by atoms with E-state index in [4.69, 9.17) is 16.6 Å². The number of fused-ring (bicyclic) bond motifs is 3. The topological polar surface area (TPSA) is 69.9 Å². The van der Waals surface area contributed by atoms with Gasteiger partial charge in [0.1, 0.15) is 0 Å². The van der Waals surface area contributed by atoms with Gasteiger partial charge in [-0.05, 0) is 70.3 Å². The first-order valence-corrected chi connectivity index (χ1v) is 10.9. The number of rotatable bonds is 3. The molecule has 158 valence electrons.